The second-order valence-electron chi connectivity index (χ2n) is 9.03. The normalized spacial score (nSPS) is 33.1. The molecule has 0 radical (unpaired) electrons. The van der Waals surface area contributed by atoms with E-state index in [1.54, 1.807) is 4.68 Å². The topological polar surface area (TPSA) is 62.8 Å². The van der Waals surface area contributed by atoms with Crippen LogP contribution in [0.3, 0.4) is 0 Å². The van der Waals surface area contributed by atoms with Crippen LogP contribution >= 0.6 is 0 Å². The number of phenols is 1. The van der Waals surface area contributed by atoms with Gasteiger partial charge in [-0.1, -0.05) is 13.0 Å². The molecule has 4 atom stereocenters. The van der Waals surface area contributed by atoms with Gasteiger partial charge in [-0.15, -0.1) is 0 Å². The third-order valence-electron chi connectivity index (χ3n) is 7.56. The van der Waals surface area contributed by atoms with Crippen molar-refractivity contribution in [3.05, 3.63) is 47.3 Å². The Hall–Kier alpha value is -2.43. The second-order valence-corrected chi connectivity index (χ2v) is 9.03. The number of aryl methyl sites for hydroxylation is 2. The number of aromatic hydroxyl groups is 1. The first-order valence-electron chi connectivity index (χ1n) is 10.5. The van der Waals surface area contributed by atoms with Crippen molar-refractivity contribution in [3.8, 4) is 5.75 Å². The molecule has 1 heterocycles. The van der Waals surface area contributed by atoms with Gasteiger partial charge in [0.25, 0.3) is 0 Å². The molecule has 2 aromatic rings. The summed E-state index contributed by atoms with van der Waals surface area (Å²) in [4.78, 5) is 0. The van der Waals surface area contributed by atoms with E-state index >= 15 is 0 Å². The molecule has 1 aromatic heterocycles. The number of rotatable bonds is 2. The molecular weight excluding hydrogens is 348 g/mol. The van der Waals surface area contributed by atoms with Crippen LogP contribution in [0.15, 0.2) is 40.8 Å². The molecule has 0 aliphatic heterocycles. The lowest BCUT2D eigenvalue weighted by atomic mass is 9.55. The van der Waals surface area contributed by atoms with E-state index in [4.69, 9.17) is 5.10 Å². The molecule has 0 amide bonds. The molecule has 0 unspecified atom stereocenters. The number of hydrogen-bond acceptors (Lipinski definition) is 4. The number of benzene rings is 1. The maximum atomic E-state index is 9.84. The zero-order chi connectivity index (χ0) is 19.3. The van der Waals surface area contributed by atoms with Gasteiger partial charge < -0.3 is 5.11 Å². The highest BCUT2D eigenvalue weighted by atomic mass is 16.3. The Labute approximate surface area is 166 Å². The third kappa shape index (κ3) is 2.79. The van der Waals surface area contributed by atoms with Gasteiger partial charge in [-0.25, -0.2) is 0 Å². The minimum absolute atomic E-state index is 0.182. The van der Waals surface area contributed by atoms with Crippen LogP contribution in [0.25, 0.3) is 0 Å². The minimum Gasteiger partial charge on any atom is -0.508 e. The van der Waals surface area contributed by atoms with E-state index in [-0.39, 0.29) is 5.41 Å². The van der Waals surface area contributed by atoms with Crippen molar-refractivity contribution >= 4 is 11.9 Å². The summed E-state index contributed by atoms with van der Waals surface area (Å²) >= 11 is 0. The summed E-state index contributed by atoms with van der Waals surface area (Å²) in [7, 11) is 1.91. The summed E-state index contributed by atoms with van der Waals surface area (Å²) in [6, 6.07) is 6.02. The van der Waals surface area contributed by atoms with Crippen LogP contribution in [-0.2, 0) is 13.5 Å². The van der Waals surface area contributed by atoms with E-state index in [2.05, 4.69) is 23.2 Å². The predicted octanol–water partition coefficient (Wildman–Crippen LogP) is 4.46. The Bertz CT molecular complexity index is 959. The first-order valence-corrected chi connectivity index (χ1v) is 10.5. The molecule has 28 heavy (non-hydrogen) atoms. The molecule has 1 aromatic carbocycles. The Morgan fingerprint density at radius 2 is 2.14 bits per heavy atom. The van der Waals surface area contributed by atoms with Crippen LogP contribution in [0, 0.1) is 17.3 Å². The molecule has 2 fully saturated rings. The largest absolute Gasteiger partial charge is 0.508 e. The number of phenolic OH excluding ortho intramolecular Hbond substituents is 1. The summed E-state index contributed by atoms with van der Waals surface area (Å²) in [5.74, 6) is 2.46. The molecular formula is C23H28N4O. The van der Waals surface area contributed by atoms with Crippen LogP contribution in [0.5, 0.6) is 5.75 Å². The zero-order valence-corrected chi connectivity index (χ0v) is 16.7. The van der Waals surface area contributed by atoms with Gasteiger partial charge in [0.05, 0.1) is 12.4 Å². The zero-order valence-electron chi connectivity index (χ0n) is 16.7. The molecule has 2 saturated carbocycles. The number of fused-ring (bicyclic) bond motifs is 5. The summed E-state index contributed by atoms with van der Waals surface area (Å²) in [5.41, 5.74) is 5.30. The summed E-state index contributed by atoms with van der Waals surface area (Å²) in [6.07, 6.45) is 12.6. The minimum atomic E-state index is 0.182. The van der Waals surface area contributed by atoms with Crippen molar-refractivity contribution in [1.29, 1.82) is 0 Å². The third-order valence-corrected chi connectivity index (χ3v) is 7.56. The maximum absolute atomic E-state index is 9.84. The molecule has 146 valence electrons. The van der Waals surface area contributed by atoms with Gasteiger partial charge in [0.15, 0.2) is 0 Å². The van der Waals surface area contributed by atoms with Crippen LogP contribution in [-0.4, -0.2) is 26.8 Å². The molecule has 0 bridgehead atoms. The van der Waals surface area contributed by atoms with Crippen molar-refractivity contribution in [2.45, 2.75) is 51.4 Å². The van der Waals surface area contributed by atoms with Gasteiger partial charge in [-0.05, 0) is 79.5 Å². The maximum Gasteiger partial charge on any atom is 0.115 e. The van der Waals surface area contributed by atoms with E-state index < -0.39 is 0 Å². The van der Waals surface area contributed by atoms with Crippen molar-refractivity contribution in [1.82, 2.24) is 9.78 Å². The first-order chi connectivity index (χ1) is 13.5. The smallest absolute Gasteiger partial charge is 0.115 e. The van der Waals surface area contributed by atoms with Crippen LogP contribution < -0.4 is 0 Å². The number of hydrogen-bond donors (Lipinski definition) is 1. The molecule has 5 nitrogen and oxygen atoms in total. The molecule has 0 spiro atoms. The van der Waals surface area contributed by atoms with Crippen molar-refractivity contribution in [3.63, 3.8) is 0 Å². The molecule has 1 N–H and O–H groups in total. The summed E-state index contributed by atoms with van der Waals surface area (Å²) in [6.45, 7) is 2.42. The van der Waals surface area contributed by atoms with Crippen LogP contribution in [0.4, 0.5) is 0 Å². The Kier molecular flexibility index (Phi) is 4.14. The summed E-state index contributed by atoms with van der Waals surface area (Å²) in [5, 5.41) is 23.1. The first kappa shape index (κ1) is 17.7. The Balaban J connectivity index is 1.39. The van der Waals surface area contributed by atoms with Crippen molar-refractivity contribution in [2.75, 3.05) is 0 Å². The average Bonchev–Trinajstić information content (AvgIpc) is 3.24. The van der Waals surface area contributed by atoms with Gasteiger partial charge in [0.2, 0.25) is 0 Å². The Morgan fingerprint density at radius 3 is 2.96 bits per heavy atom. The Morgan fingerprint density at radius 1 is 1.25 bits per heavy atom. The van der Waals surface area contributed by atoms with Crippen LogP contribution in [0.1, 0.15) is 61.6 Å². The molecule has 3 aliphatic rings. The van der Waals surface area contributed by atoms with Gasteiger partial charge in [0.1, 0.15) is 5.75 Å². The van der Waals surface area contributed by atoms with Crippen molar-refractivity contribution < 1.29 is 5.11 Å². The SMILES string of the molecule is Cn1cc(/C=N\N=C2\CC[C@@H]3[C@@H]4CCc5cc(O)ccc5[C@@H]4CC[C@]23C)cn1. The van der Waals surface area contributed by atoms with E-state index in [1.165, 1.54) is 42.5 Å². The summed E-state index contributed by atoms with van der Waals surface area (Å²) < 4.78 is 1.78. The quantitative estimate of drug-likeness (QED) is 0.621. The highest BCUT2D eigenvalue weighted by Gasteiger charge is 2.53. The fourth-order valence-corrected chi connectivity index (χ4v) is 6.19. The van der Waals surface area contributed by atoms with Gasteiger partial charge in [0, 0.05) is 29.9 Å². The number of aromatic nitrogens is 2. The van der Waals surface area contributed by atoms with Crippen molar-refractivity contribution in [2.24, 2.45) is 34.5 Å². The van der Waals surface area contributed by atoms with Gasteiger partial charge in [-0.3, -0.25) is 4.68 Å². The fourth-order valence-electron chi connectivity index (χ4n) is 6.19. The fraction of sp³-hybridized carbons (Fsp3) is 0.522. The van der Waals surface area contributed by atoms with E-state index in [0.29, 0.717) is 17.6 Å². The second kappa shape index (κ2) is 6.57. The molecule has 0 saturated heterocycles. The lowest BCUT2D eigenvalue weighted by molar-refractivity contribution is 0.0955. The van der Waals surface area contributed by atoms with E-state index in [9.17, 15) is 5.11 Å². The van der Waals surface area contributed by atoms with E-state index in [1.807, 2.05) is 37.8 Å². The van der Waals surface area contributed by atoms with Gasteiger partial charge >= 0.3 is 0 Å². The predicted molar refractivity (Wildman–Crippen MR) is 111 cm³/mol. The molecule has 3 aliphatic carbocycles. The molecule has 5 heteroatoms. The average molecular weight is 377 g/mol. The van der Waals surface area contributed by atoms with E-state index in [0.717, 1.165) is 24.3 Å². The number of nitrogens with zero attached hydrogens (tertiary/aromatic N) is 4. The lowest BCUT2D eigenvalue weighted by Crippen LogP contribution is -2.42. The van der Waals surface area contributed by atoms with Gasteiger partial charge in [-0.2, -0.15) is 15.3 Å². The standard InChI is InChI=1S/C23H28N4O/c1-23-10-9-19-18-6-4-17(28)11-16(18)3-5-20(19)21(23)7-8-22(23)26-24-12-15-13-25-27(2)14-15/h4,6,11-14,19-21,28H,3,5,7-10H2,1-2H3/b24-12-,26-22-/t19-,20+,21+,23-/m0/s1. The highest BCUT2D eigenvalue weighted by Crippen LogP contribution is 2.60. The monoisotopic (exact) mass is 376 g/mol. The lowest BCUT2D eigenvalue weighted by Gasteiger charge is -2.49. The van der Waals surface area contributed by atoms with Crippen LogP contribution in [0.2, 0.25) is 0 Å². The highest BCUT2D eigenvalue weighted by molar-refractivity contribution is 5.93. The molecule has 5 rings (SSSR count).